The summed E-state index contributed by atoms with van der Waals surface area (Å²) in [6.07, 6.45) is 16.8. The Kier molecular flexibility index (Phi) is 9.54. The van der Waals surface area contributed by atoms with Crippen molar-refractivity contribution < 1.29 is 0 Å². The molecule has 5 aromatic carbocycles. The molecule has 0 nitrogen and oxygen atoms in total. The standard InChI is InChI=1S/C51H50/c1-7-9-15-37(4)50(5,6)47-18-13-14-19-48(47)51(8-2)46-33-20-36(3)34-45(46)44-32-31-43(35-49(44)51)42-29-25-39(26-30-42)22-21-38-23-27-41(28-24-38)40-16-11-10-12-17-40/h9-33,35-36H,4,7-8,34H2,1-3,5-6H3/b15-9-,22-21+. The van der Waals surface area contributed by atoms with E-state index in [2.05, 4.69) is 199 Å². The second kappa shape index (κ2) is 14.2. The van der Waals surface area contributed by atoms with E-state index in [1.54, 1.807) is 0 Å². The zero-order valence-electron chi connectivity index (χ0n) is 30.9. The van der Waals surface area contributed by atoms with Crippen molar-refractivity contribution in [3.63, 3.8) is 0 Å². The lowest BCUT2D eigenvalue weighted by Crippen LogP contribution is -2.32. The second-order valence-corrected chi connectivity index (χ2v) is 14.9. The fourth-order valence-corrected chi connectivity index (χ4v) is 8.30. The van der Waals surface area contributed by atoms with E-state index in [1.807, 2.05) is 0 Å². The topological polar surface area (TPSA) is 0 Å². The molecule has 2 aliphatic rings. The molecule has 0 amide bonds. The van der Waals surface area contributed by atoms with Crippen molar-refractivity contribution in [1.82, 2.24) is 0 Å². The molecule has 2 unspecified atom stereocenters. The van der Waals surface area contributed by atoms with Crippen LogP contribution in [0.25, 0.3) is 40.0 Å². The summed E-state index contributed by atoms with van der Waals surface area (Å²) in [5.41, 5.74) is 16.7. The lowest BCUT2D eigenvalue weighted by Gasteiger charge is -2.39. The first-order chi connectivity index (χ1) is 24.8. The van der Waals surface area contributed by atoms with E-state index in [1.165, 1.54) is 66.8 Å². The summed E-state index contributed by atoms with van der Waals surface area (Å²) >= 11 is 0. The lowest BCUT2D eigenvalue weighted by atomic mass is 9.63. The van der Waals surface area contributed by atoms with Crippen molar-refractivity contribution in [2.75, 3.05) is 0 Å². The first-order valence-electron chi connectivity index (χ1n) is 18.7. The van der Waals surface area contributed by atoms with Gasteiger partial charge in [0, 0.05) is 10.8 Å². The third kappa shape index (κ3) is 6.34. The summed E-state index contributed by atoms with van der Waals surface area (Å²) in [5.74, 6) is 0.525. The molecule has 0 heteroatoms. The van der Waals surface area contributed by atoms with Crippen molar-refractivity contribution in [2.45, 2.75) is 64.7 Å². The lowest BCUT2D eigenvalue weighted by molar-refractivity contribution is 0.559. The number of rotatable bonds is 10. The highest BCUT2D eigenvalue weighted by molar-refractivity contribution is 5.88. The second-order valence-electron chi connectivity index (χ2n) is 14.9. The molecule has 0 fully saturated rings. The van der Waals surface area contributed by atoms with Crippen molar-refractivity contribution in [3.05, 3.63) is 197 Å². The minimum absolute atomic E-state index is 0.218. The fraction of sp³-hybridized carbons (Fsp3) is 0.216. The van der Waals surface area contributed by atoms with Gasteiger partial charge in [0.15, 0.2) is 0 Å². The predicted molar refractivity (Wildman–Crippen MR) is 222 cm³/mol. The van der Waals surface area contributed by atoms with Gasteiger partial charge in [0.1, 0.15) is 0 Å². The molecule has 7 rings (SSSR count). The average molecular weight is 663 g/mol. The smallest absolute Gasteiger partial charge is 0.0460 e. The van der Waals surface area contributed by atoms with Gasteiger partial charge in [-0.2, -0.15) is 0 Å². The van der Waals surface area contributed by atoms with E-state index in [0.717, 1.165) is 24.8 Å². The van der Waals surface area contributed by atoms with E-state index in [4.69, 9.17) is 0 Å². The van der Waals surface area contributed by atoms with Crippen LogP contribution in [0.4, 0.5) is 0 Å². The third-order valence-corrected chi connectivity index (χ3v) is 11.4. The Hall–Kier alpha value is -5.20. The summed E-state index contributed by atoms with van der Waals surface area (Å²) < 4.78 is 0. The summed E-state index contributed by atoms with van der Waals surface area (Å²) in [7, 11) is 0. The van der Waals surface area contributed by atoms with Crippen LogP contribution in [0.1, 0.15) is 87.3 Å². The Morgan fingerprint density at radius 3 is 1.96 bits per heavy atom. The highest BCUT2D eigenvalue weighted by Gasteiger charge is 2.47. The number of hydrogen-bond donors (Lipinski definition) is 0. The molecule has 0 bridgehead atoms. The Balaban J connectivity index is 1.24. The van der Waals surface area contributed by atoms with Crippen LogP contribution in [0.3, 0.4) is 0 Å². The molecule has 51 heavy (non-hydrogen) atoms. The van der Waals surface area contributed by atoms with Gasteiger partial charge in [-0.25, -0.2) is 0 Å². The van der Waals surface area contributed by atoms with Gasteiger partial charge in [-0.15, -0.1) is 0 Å². The molecule has 0 aliphatic heterocycles. The largest absolute Gasteiger partial charge is 0.0950 e. The monoisotopic (exact) mass is 662 g/mol. The number of allylic oxidation sites excluding steroid dienone is 7. The molecule has 0 radical (unpaired) electrons. The molecule has 0 saturated heterocycles. The molecule has 0 aromatic heterocycles. The maximum absolute atomic E-state index is 4.58. The van der Waals surface area contributed by atoms with Crippen LogP contribution >= 0.6 is 0 Å². The van der Waals surface area contributed by atoms with Crippen molar-refractivity contribution in [3.8, 4) is 22.3 Å². The maximum Gasteiger partial charge on any atom is 0.0460 e. The molecular weight excluding hydrogens is 613 g/mol. The van der Waals surface area contributed by atoms with Gasteiger partial charge in [-0.05, 0) is 104 Å². The molecule has 254 valence electrons. The molecule has 0 spiro atoms. The molecule has 0 saturated carbocycles. The number of fused-ring (bicyclic) bond motifs is 2. The average Bonchev–Trinajstić information content (AvgIpc) is 3.45. The fourth-order valence-electron chi connectivity index (χ4n) is 8.30. The molecule has 2 aliphatic carbocycles. The summed E-state index contributed by atoms with van der Waals surface area (Å²) in [5, 5.41) is 0. The minimum Gasteiger partial charge on any atom is -0.0950 e. The van der Waals surface area contributed by atoms with Crippen molar-refractivity contribution in [1.29, 1.82) is 0 Å². The van der Waals surface area contributed by atoms with Crippen LogP contribution in [-0.4, -0.2) is 0 Å². The normalized spacial score (nSPS) is 18.4. The third-order valence-electron chi connectivity index (χ3n) is 11.4. The van der Waals surface area contributed by atoms with Crippen molar-refractivity contribution in [2.24, 2.45) is 5.92 Å². The minimum atomic E-state index is -0.237. The first-order valence-corrected chi connectivity index (χ1v) is 18.7. The molecule has 0 N–H and O–H groups in total. The van der Waals surface area contributed by atoms with Crippen LogP contribution in [0.5, 0.6) is 0 Å². The highest BCUT2D eigenvalue weighted by atomic mass is 14.5. The predicted octanol–water partition coefficient (Wildman–Crippen LogP) is 14.1. The number of hydrogen-bond acceptors (Lipinski definition) is 0. The van der Waals surface area contributed by atoms with Gasteiger partial charge in [-0.1, -0.05) is 193 Å². The summed E-state index contributed by atoms with van der Waals surface area (Å²) in [6, 6.07) is 44.8. The van der Waals surface area contributed by atoms with E-state index < -0.39 is 0 Å². The number of benzene rings is 5. The van der Waals surface area contributed by atoms with Crippen molar-refractivity contribution >= 4 is 17.7 Å². The zero-order chi connectivity index (χ0) is 35.6. The maximum atomic E-state index is 4.58. The molecule has 2 atom stereocenters. The highest BCUT2D eigenvalue weighted by Crippen LogP contribution is 2.58. The first kappa shape index (κ1) is 34.3. The van der Waals surface area contributed by atoms with E-state index >= 15 is 0 Å². The van der Waals surface area contributed by atoms with Gasteiger partial charge < -0.3 is 0 Å². The van der Waals surface area contributed by atoms with Crippen LogP contribution < -0.4 is 0 Å². The van der Waals surface area contributed by atoms with Gasteiger partial charge in [0.25, 0.3) is 0 Å². The Labute approximate surface area is 306 Å². The molecular formula is C51H50. The van der Waals surface area contributed by atoms with Gasteiger partial charge in [0.05, 0.1) is 0 Å². The van der Waals surface area contributed by atoms with Crippen LogP contribution in [0, 0.1) is 5.92 Å². The summed E-state index contributed by atoms with van der Waals surface area (Å²) in [6.45, 7) is 16.2. The Morgan fingerprint density at radius 1 is 0.725 bits per heavy atom. The molecule has 5 aromatic rings. The van der Waals surface area contributed by atoms with E-state index in [-0.39, 0.29) is 10.8 Å². The van der Waals surface area contributed by atoms with Gasteiger partial charge in [0.2, 0.25) is 0 Å². The van der Waals surface area contributed by atoms with Gasteiger partial charge in [-0.3, -0.25) is 0 Å². The quantitative estimate of drug-likeness (QED) is 0.103. The molecule has 0 heterocycles. The van der Waals surface area contributed by atoms with Crippen LogP contribution in [0.15, 0.2) is 163 Å². The van der Waals surface area contributed by atoms with E-state index in [9.17, 15) is 0 Å². The van der Waals surface area contributed by atoms with Gasteiger partial charge >= 0.3 is 0 Å². The Morgan fingerprint density at radius 2 is 1.31 bits per heavy atom. The summed E-state index contributed by atoms with van der Waals surface area (Å²) in [4.78, 5) is 0. The van der Waals surface area contributed by atoms with E-state index in [0.29, 0.717) is 5.92 Å². The van der Waals surface area contributed by atoms with Crippen LogP contribution in [0.2, 0.25) is 0 Å². The van der Waals surface area contributed by atoms with Crippen LogP contribution in [-0.2, 0) is 10.8 Å². The zero-order valence-corrected chi connectivity index (χ0v) is 30.9. The SMILES string of the molecule is C=C(/C=C\CC)C(C)(C)c1ccccc1C1(CC)C2=C(CC(C)C=C2)c2ccc(-c3ccc(/C=C/c4ccc(-c5ccccc5)cc4)cc3)cc21. The Bertz CT molecular complexity index is 2160.